The third kappa shape index (κ3) is 6.08. The second-order valence-electron chi connectivity index (χ2n) is 8.86. The van der Waals surface area contributed by atoms with Gasteiger partial charge in [0, 0.05) is 24.5 Å². The van der Waals surface area contributed by atoms with Gasteiger partial charge in [-0.05, 0) is 61.5 Å². The first kappa shape index (κ1) is 21.8. The van der Waals surface area contributed by atoms with E-state index in [9.17, 15) is 4.79 Å². The lowest BCUT2D eigenvalue weighted by Crippen LogP contribution is -2.44. The zero-order valence-electron chi connectivity index (χ0n) is 18.4. The van der Waals surface area contributed by atoms with E-state index in [-0.39, 0.29) is 6.42 Å². The molecule has 2 N–H and O–H groups in total. The molecule has 1 heterocycles. The van der Waals surface area contributed by atoms with Crippen LogP contribution in [0.25, 0.3) is 0 Å². The topological polar surface area (TPSA) is 61.8 Å². The Morgan fingerprint density at radius 2 is 1.94 bits per heavy atom. The number of rotatable bonds is 10. The summed E-state index contributed by atoms with van der Waals surface area (Å²) < 4.78 is 6.05. The van der Waals surface area contributed by atoms with Gasteiger partial charge in [-0.15, -0.1) is 0 Å². The van der Waals surface area contributed by atoms with Crippen molar-refractivity contribution in [2.24, 2.45) is 0 Å². The number of benzene rings is 2. The number of likely N-dealkylation sites (tertiary alicyclic amines) is 1. The van der Waals surface area contributed by atoms with E-state index in [0.717, 1.165) is 42.9 Å². The van der Waals surface area contributed by atoms with E-state index in [0.29, 0.717) is 24.6 Å². The number of carboxylic acid groups (broad SMARTS) is 1. The smallest absolute Gasteiger partial charge is 0.307 e. The average Bonchev–Trinajstić information content (AvgIpc) is 3.55. The van der Waals surface area contributed by atoms with Gasteiger partial charge in [-0.25, -0.2) is 0 Å². The Morgan fingerprint density at radius 1 is 1.16 bits per heavy atom. The summed E-state index contributed by atoms with van der Waals surface area (Å²) in [4.78, 5) is 13.4. The Labute approximate surface area is 185 Å². The maximum absolute atomic E-state index is 10.9. The van der Waals surface area contributed by atoms with Gasteiger partial charge in [-0.2, -0.15) is 0 Å². The van der Waals surface area contributed by atoms with Crippen LogP contribution in [0.3, 0.4) is 0 Å². The van der Waals surface area contributed by atoms with Crippen LogP contribution in [-0.2, 0) is 17.6 Å². The lowest BCUT2D eigenvalue weighted by Gasteiger charge is -2.32. The van der Waals surface area contributed by atoms with Gasteiger partial charge in [-0.1, -0.05) is 49.4 Å². The molecule has 5 heteroatoms. The molecule has 5 nitrogen and oxygen atoms in total. The highest BCUT2D eigenvalue weighted by molar-refractivity contribution is 5.70. The molecule has 0 aromatic heterocycles. The van der Waals surface area contributed by atoms with Gasteiger partial charge in [0.25, 0.3) is 0 Å². The number of ether oxygens (including phenoxy) is 1. The molecule has 31 heavy (non-hydrogen) atoms. The molecule has 0 amide bonds. The molecular weight excluding hydrogens is 388 g/mol. The molecule has 4 rings (SSSR count). The quantitative estimate of drug-likeness (QED) is 0.609. The molecule has 2 aliphatic rings. The predicted octanol–water partition coefficient (Wildman–Crippen LogP) is 3.87. The van der Waals surface area contributed by atoms with Crippen LogP contribution in [0.15, 0.2) is 48.5 Å². The molecule has 2 aromatic carbocycles. The molecule has 1 aliphatic carbocycles. The maximum atomic E-state index is 10.9. The van der Waals surface area contributed by atoms with Crippen molar-refractivity contribution in [3.8, 4) is 5.75 Å². The van der Waals surface area contributed by atoms with Crippen LogP contribution < -0.4 is 10.1 Å². The number of piperidine rings is 1. The standard InChI is InChI=1S/C26H34N2O3/c1-2-20-16-19(17-26(29)30)8-9-25(20)31-15-14-28-12-10-22(11-13-28)27-24-18-23(24)21-6-4-3-5-7-21/h3-9,16,22-24,27H,2,10-15,17-18H2,1H3,(H,29,30)/t23-,24+/m0/s1. The van der Waals surface area contributed by atoms with E-state index in [1.807, 2.05) is 18.2 Å². The maximum Gasteiger partial charge on any atom is 0.307 e. The highest BCUT2D eigenvalue weighted by Crippen LogP contribution is 2.41. The Balaban J connectivity index is 1.16. The summed E-state index contributed by atoms with van der Waals surface area (Å²) in [7, 11) is 0. The number of nitrogens with zero attached hydrogens (tertiary/aromatic N) is 1. The molecule has 166 valence electrons. The largest absolute Gasteiger partial charge is 0.492 e. The molecule has 2 fully saturated rings. The van der Waals surface area contributed by atoms with Crippen LogP contribution in [0.5, 0.6) is 5.75 Å². The second kappa shape index (κ2) is 10.3. The number of aryl methyl sites for hydroxylation is 1. The zero-order valence-corrected chi connectivity index (χ0v) is 18.4. The second-order valence-corrected chi connectivity index (χ2v) is 8.86. The van der Waals surface area contributed by atoms with Gasteiger partial charge in [0.15, 0.2) is 0 Å². The van der Waals surface area contributed by atoms with Crippen LogP contribution in [-0.4, -0.2) is 54.3 Å². The van der Waals surface area contributed by atoms with E-state index in [4.69, 9.17) is 9.84 Å². The molecule has 0 unspecified atom stereocenters. The van der Waals surface area contributed by atoms with E-state index in [2.05, 4.69) is 47.5 Å². The van der Waals surface area contributed by atoms with Crippen molar-refractivity contribution in [3.05, 3.63) is 65.2 Å². The molecule has 2 atom stereocenters. The lowest BCUT2D eigenvalue weighted by atomic mass is 10.0. The molecule has 0 bridgehead atoms. The molecule has 1 aliphatic heterocycles. The van der Waals surface area contributed by atoms with E-state index >= 15 is 0 Å². The molecule has 0 radical (unpaired) electrons. The number of nitrogens with one attached hydrogen (secondary N) is 1. The van der Waals surface area contributed by atoms with Crippen molar-refractivity contribution in [3.63, 3.8) is 0 Å². The zero-order chi connectivity index (χ0) is 21.6. The number of hydrogen-bond acceptors (Lipinski definition) is 4. The van der Waals surface area contributed by atoms with Gasteiger partial charge in [-0.3, -0.25) is 9.69 Å². The number of carbonyl (C=O) groups is 1. The van der Waals surface area contributed by atoms with E-state index in [1.165, 1.54) is 24.8 Å². The first-order valence-corrected chi connectivity index (χ1v) is 11.6. The SMILES string of the molecule is CCc1cc(CC(=O)O)ccc1OCCN1CCC(N[C@@H]2C[C@H]2c2ccccc2)CC1. The van der Waals surface area contributed by atoms with Crippen molar-refractivity contribution in [2.75, 3.05) is 26.2 Å². The van der Waals surface area contributed by atoms with Crippen LogP contribution in [0, 0.1) is 0 Å². The first-order valence-electron chi connectivity index (χ1n) is 11.6. The normalized spacial score (nSPS) is 21.7. The van der Waals surface area contributed by atoms with Crippen molar-refractivity contribution >= 4 is 5.97 Å². The van der Waals surface area contributed by atoms with E-state index in [1.54, 1.807) is 0 Å². The fourth-order valence-corrected chi connectivity index (χ4v) is 4.69. The highest BCUT2D eigenvalue weighted by Gasteiger charge is 2.39. The van der Waals surface area contributed by atoms with E-state index < -0.39 is 5.97 Å². The summed E-state index contributed by atoms with van der Waals surface area (Å²) >= 11 is 0. The minimum absolute atomic E-state index is 0.0587. The van der Waals surface area contributed by atoms with Gasteiger partial charge in [0.05, 0.1) is 6.42 Å². The number of hydrogen-bond donors (Lipinski definition) is 2. The Hall–Kier alpha value is -2.37. The van der Waals surface area contributed by atoms with Gasteiger partial charge < -0.3 is 15.2 Å². The van der Waals surface area contributed by atoms with Crippen molar-refractivity contribution in [1.29, 1.82) is 0 Å². The summed E-state index contributed by atoms with van der Waals surface area (Å²) in [6.45, 7) is 5.90. The Bertz CT molecular complexity index is 862. The molecular formula is C26H34N2O3. The van der Waals surface area contributed by atoms with Crippen LogP contribution in [0.4, 0.5) is 0 Å². The van der Waals surface area contributed by atoms with Crippen LogP contribution in [0.2, 0.25) is 0 Å². The third-order valence-corrected chi connectivity index (χ3v) is 6.58. The van der Waals surface area contributed by atoms with Gasteiger partial charge in [0.2, 0.25) is 0 Å². The molecule has 1 saturated heterocycles. The predicted molar refractivity (Wildman–Crippen MR) is 123 cm³/mol. The molecule has 0 spiro atoms. The molecule has 1 saturated carbocycles. The number of aliphatic carboxylic acids is 1. The third-order valence-electron chi connectivity index (χ3n) is 6.58. The summed E-state index contributed by atoms with van der Waals surface area (Å²) in [5.41, 5.74) is 3.38. The summed E-state index contributed by atoms with van der Waals surface area (Å²) in [5.74, 6) is 0.780. The van der Waals surface area contributed by atoms with Gasteiger partial charge >= 0.3 is 5.97 Å². The Kier molecular flexibility index (Phi) is 7.25. The molecule has 2 aromatic rings. The van der Waals surface area contributed by atoms with Crippen molar-refractivity contribution < 1.29 is 14.6 Å². The minimum atomic E-state index is -0.800. The first-order chi connectivity index (χ1) is 15.1. The summed E-state index contributed by atoms with van der Waals surface area (Å²) in [5, 5.41) is 12.9. The van der Waals surface area contributed by atoms with Crippen LogP contribution >= 0.6 is 0 Å². The fourth-order valence-electron chi connectivity index (χ4n) is 4.69. The average molecular weight is 423 g/mol. The summed E-state index contributed by atoms with van der Waals surface area (Å²) in [6.07, 6.45) is 4.56. The lowest BCUT2D eigenvalue weighted by molar-refractivity contribution is -0.136. The Morgan fingerprint density at radius 3 is 2.65 bits per heavy atom. The van der Waals surface area contributed by atoms with Crippen molar-refractivity contribution in [2.45, 2.75) is 57.0 Å². The van der Waals surface area contributed by atoms with Gasteiger partial charge in [0.1, 0.15) is 12.4 Å². The monoisotopic (exact) mass is 422 g/mol. The van der Waals surface area contributed by atoms with Crippen molar-refractivity contribution in [1.82, 2.24) is 10.2 Å². The highest BCUT2D eigenvalue weighted by atomic mass is 16.5. The van der Waals surface area contributed by atoms with Crippen LogP contribution in [0.1, 0.15) is 48.8 Å². The minimum Gasteiger partial charge on any atom is -0.492 e. The number of carboxylic acids is 1. The fraction of sp³-hybridized carbons (Fsp3) is 0.500. The summed E-state index contributed by atoms with van der Waals surface area (Å²) in [6, 6.07) is 17.9.